The molecule has 0 amide bonds. The van der Waals surface area contributed by atoms with Gasteiger partial charge in [-0.3, -0.25) is 0 Å². The monoisotopic (exact) mass is 214 g/mol. The number of aliphatic hydroxyl groups is 1. The summed E-state index contributed by atoms with van der Waals surface area (Å²) >= 11 is 0. The molecule has 1 heterocycles. The van der Waals surface area contributed by atoms with Crippen molar-refractivity contribution in [2.75, 3.05) is 26.7 Å². The second-order valence-corrected chi connectivity index (χ2v) is 5.75. The molecule has 2 unspecified atom stereocenters. The van der Waals surface area contributed by atoms with Crippen LogP contribution in [0.2, 0.25) is 0 Å². The molecule has 0 aliphatic carbocycles. The lowest BCUT2D eigenvalue weighted by Crippen LogP contribution is -2.48. The van der Waals surface area contributed by atoms with Gasteiger partial charge in [-0.05, 0) is 33.4 Å². The predicted molar refractivity (Wildman–Crippen MR) is 64.0 cm³/mol. The summed E-state index contributed by atoms with van der Waals surface area (Å²) in [5.74, 6) is 0. The fourth-order valence-electron chi connectivity index (χ4n) is 1.95. The molecule has 3 nitrogen and oxygen atoms in total. The van der Waals surface area contributed by atoms with Crippen molar-refractivity contribution in [1.29, 1.82) is 0 Å². The molecule has 1 saturated heterocycles. The van der Waals surface area contributed by atoms with Gasteiger partial charge in [0, 0.05) is 30.7 Å². The van der Waals surface area contributed by atoms with Crippen LogP contribution in [0.25, 0.3) is 0 Å². The molecule has 0 bridgehead atoms. The van der Waals surface area contributed by atoms with Gasteiger partial charge >= 0.3 is 0 Å². The van der Waals surface area contributed by atoms with Gasteiger partial charge in [0.2, 0.25) is 0 Å². The average molecular weight is 214 g/mol. The largest absolute Gasteiger partial charge is 0.396 e. The zero-order chi connectivity index (χ0) is 11.5. The minimum Gasteiger partial charge on any atom is -0.396 e. The van der Waals surface area contributed by atoms with E-state index in [2.05, 4.69) is 38.0 Å². The number of piperidine rings is 1. The van der Waals surface area contributed by atoms with Crippen LogP contribution in [0.5, 0.6) is 0 Å². The Morgan fingerprint density at radius 1 is 1.47 bits per heavy atom. The van der Waals surface area contributed by atoms with Crippen LogP contribution in [0.1, 0.15) is 33.6 Å². The van der Waals surface area contributed by atoms with Crippen molar-refractivity contribution >= 4 is 0 Å². The highest BCUT2D eigenvalue weighted by Gasteiger charge is 2.24. The zero-order valence-corrected chi connectivity index (χ0v) is 10.6. The van der Waals surface area contributed by atoms with Gasteiger partial charge in [-0.15, -0.1) is 0 Å². The van der Waals surface area contributed by atoms with Crippen molar-refractivity contribution in [2.24, 2.45) is 5.41 Å². The summed E-state index contributed by atoms with van der Waals surface area (Å²) in [7, 11) is 2.19. The standard InChI is InChI=1S/C12H26N2O/c1-10-7-11(5-6-14(10)4)13-8-12(2,3)9-15/h10-11,13,15H,5-9H2,1-4H3. The van der Waals surface area contributed by atoms with Gasteiger partial charge < -0.3 is 15.3 Å². The first-order valence-electron chi connectivity index (χ1n) is 5.99. The minimum atomic E-state index is 0.00653. The van der Waals surface area contributed by atoms with E-state index >= 15 is 0 Å². The second kappa shape index (κ2) is 5.28. The molecular formula is C12H26N2O. The van der Waals surface area contributed by atoms with Gasteiger partial charge in [-0.25, -0.2) is 0 Å². The van der Waals surface area contributed by atoms with Crippen LogP contribution < -0.4 is 5.32 Å². The Balaban J connectivity index is 2.28. The lowest BCUT2D eigenvalue weighted by Gasteiger charge is -2.37. The molecule has 1 aliphatic heterocycles. The summed E-state index contributed by atoms with van der Waals surface area (Å²) in [6, 6.07) is 1.30. The molecule has 0 aromatic heterocycles. The number of hydrogen-bond acceptors (Lipinski definition) is 3. The zero-order valence-electron chi connectivity index (χ0n) is 10.6. The van der Waals surface area contributed by atoms with Crippen LogP contribution in [-0.2, 0) is 0 Å². The topological polar surface area (TPSA) is 35.5 Å². The highest BCUT2D eigenvalue weighted by Crippen LogP contribution is 2.17. The molecule has 1 rings (SSSR count). The van der Waals surface area contributed by atoms with E-state index in [1.54, 1.807) is 0 Å². The van der Waals surface area contributed by atoms with Gasteiger partial charge in [0.25, 0.3) is 0 Å². The first-order valence-corrected chi connectivity index (χ1v) is 5.99. The Labute approximate surface area is 93.9 Å². The van der Waals surface area contributed by atoms with E-state index in [1.807, 2.05) is 0 Å². The Morgan fingerprint density at radius 3 is 2.67 bits per heavy atom. The third kappa shape index (κ3) is 4.09. The van der Waals surface area contributed by atoms with E-state index in [9.17, 15) is 0 Å². The lowest BCUT2D eigenvalue weighted by molar-refractivity contribution is 0.131. The van der Waals surface area contributed by atoms with Crippen molar-refractivity contribution in [3.05, 3.63) is 0 Å². The van der Waals surface area contributed by atoms with Crippen LogP contribution >= 0.6 is 0 Å². The Morgan fingerprint density at radius 2 is 2.13 bits per heavy atom. The van der Waals surface area contributed by atoms with Crippen LogP contribution in [0, 0.1) is 5.41 Å². The van der Waals surface area contributed by atoms with Gasteiger partial charge in [0.1, 0.15) is 0 Å². The molecule has 1 fully saturated rings. The Bertz CT molecular complexity index is 194. The number of likely N-dealkylation sites (tertiary alicyclic amines) is 1. The predicted octanol–water partition coefficient (Wildman–Crippen LogP) is 1.08. The maximum Gasteiger partial charge on any atom is 0.0494 e. The summed E-state index contributed by atoms with van der Waals surface area (Å²) in [6.07, 6.45) is 2.44. The van der Waals surface area contributed by atoms with Crippen LogP contribution in [0.3, 0.4) is 0 Å². The number of nitrogens with zero attached hydrogens (tertiary/aromatic N) is 1. The summed E-state index contributed by atoms with van der Waals surface area (Å²) in [4.78, 5) is 2.41. The SMILES string of the molecule is CC1CC(NCC(C)(C)CO)CCN1C. The smallest absolute Gasteiger partial charge is 0.0494 e. The maximum absolute atomic E-state index is 9.17. The number of nitrogens with one attached hydrogen (secondary N) is 1. The molecule has 0 aromatic carbocycles. The van der Waals surface area contributed by atoms with Crippen LogP contribution in [0.4, 0.5) is 0 Å². The quantitative estimate of drug-likeness (QED) is 0.735. The Hall–Kier alpha value is -0.120. The molecule has 15 heavy (non-hydrogen) atoms. The van der Waals surface area contributed by atoms with E-state index in [0.717, 1.165) is 6.54 Å². The summed E-state index contributed by atoms with van der Waals surface area (Å²) in [5, 5.41) is 12.7. The van der Waals surface area contributed by atoms with E-state index < -0.39 is 0 Å². The van der Waals surface area contributed by atoms with E-state index in [4.69, 9.17) is 5.11 Å². The Kier molecular flexibility index (Phi) is 4.56. The molecule has 0 aromatic rings. The van der Waals surface area contributed by atoms with Crippen LogP contribution in [0.15, 0.2) is 0 Å². The van der Waals surface area contributed by atoms with Crippen molar-refractivity contribution in [3.8, 4) is 0 Å². The molecule has 3 heteroatoms. The number of aliphatic hydroxyl groups excluding tert-OH is 1. The minimum absolute atomic E-state index is 0.00653. The fourth-order valence-corrected chi connectivity index (χ4v) is 1.95. The van der Waals surface area contributed by atoms with E-state index in [1.165, 1.54) is 19.4 Å². The highest BCUT2D eigenvalue weighted by atomic mass is 16.3. The van der Waals surface area contributed by atoms with Gasteiger partial charge in [0.15, 0.2) is 0 Å². The third-order valence-electron chi connectivity index (χ3n) is 3.51. The van der Waals surface area contributed by atoms with Crippen LogP contribution in [-0.4, -0.2) is 48.8 Å². The molecule has 1 aliphatic rings. The van der Waals surface area contributed by atoms with E-state index in [-0.39, 0.29) is 12.0 Å². The normalized spacial score (nSPS) is 29.4. The first-order chi connectivity index (χ1) is 6.94. The van der Waals surface area contributed by atoms with E-state index in [0.29, 0.717) is 12.1 Å². The molecule has 0 saturated carbocycles. The molecule has 90 valence electrons. The van der Waals surface area contributed by atoms with Crippen molar-refractivity contribution in [3.63, 3.8) is 0 Å². The second-order valence-electron chi connectivity index (χ2n) is 5.75. The van der Waals surface area contributed by atoms with Crippen molar-refractivity contribution in [1.82, 2.24) is 10.2 Å². The summed E-state index contributed by atoms with van der Waals surface area (Å²) in [5.41, 5.74) is 0.00653. The lowest BCUT2D eigenvalue weighted by atomic mass is 9.92. The van der Waals surface area contributed by atoms with Gasteiger partial charge in [0.05, 0.1) is 0 Å². The molecule has 0 radical (unpaired) electrons. The van der Waals surface area contributed by atoms with Gasteiger partial charge in [-0.2, -0.15) is 0 Å². The fraction of sp³-hybridized carbons (Fsp3) is 1.00. The maximum atomic E-state index is 9.17. The molecular weight excluding hydrogens is 188 g/mol. The summed E-state index contributed by atoms with van der Waals surface area (Å²) < 4.78 is 0. The number of rotatable bonds is 4. The third-order valence-corrected chi connectivity index (χ3v) is 3.51. The van der Waals surface area contributed by atoms with Crippen molar-refractivity contribution in [2.45, 2.75) is 45.7 Å². The average Bonchev–Trinajstić information content (AvgIpc) is 2.20. The van der Waals surface area contributed by atoms with Gasteiger partial charge in [-0.1, -0.05) is 13.8 Å². The molecule has 2 N–H and O–H groups in total. The summed E-state index contributed by atoms with van der Waals surface area (Å²) in [6.45, 7) is 8.81. The first kappa shape index (κ1) is 12.9. The highest BCUT2D eigenvalue weighted by molar-refractivity contribution is 4.83. The number of hydrogen-bond donors (Lipinski definition) is 2. The van der Waals surface area contributed by atoms with Crippen molar-refractivity contribution < 1.29 is 5.11 Å². The molecule has 2 atom stereocenters. The molecule has 0 spiro atoms.